The summed E-state index contributed by atoms with van der Waals surface area (Å²) in [5, 5.41) is 3.40. The van der Waals surface area contributed by atoms with Crippen molar-refractivity contribution in [2.75, 3.05) is 26.2 Å². The highest BCUT2D eigenvalue weighted by molar-refractivity contribution is 5.85. The maximum atomic E-state index is 5.61. The summed E-state index contributed by atoms with van der Waals surface area (Å²) in [4.78, 5) is 2.60. The largest absolute Gasteiger partial charge is 0.362 e. The highest BCUT2D eigenvalue weighted by atomic mass is 35.5. The molecule has 0 aromatic heterocycles. The van der Waals surface area contributed by atoms with Gasteiger partial charge in [-0.1, -0.05) is 13.3 Å². The molecule has 2 aliphatic heterocycles. The van der Waals surface area contributed by atoms with E-state index in [2.05, 4.69) is 17.1 Å². The number of likely N-dealkylation sites (tertiary alicyclic amines) is 1. The lowest BCUT2D eigenvalue weighted by atomic mass is 9.99. The molecule has 90 valence electrons. The summed E-state index contributed by atoms with van der Waals surface area (Å²) in [6, 6.07) is 0.754. The van der Waals surface area contributed by atoms with Gasteiger partial charge < -0.3 is 9.64 Å². The van der Waals surface area contributed by atoms with Crippen molar-refractivity contribution in [1.29, 1.82) is 0 Å². The minimum Gasteiger partial charge on any atom is -0.362 e. The van der Waals surface area contributed by atoms with Crippen LogP contribution in [0.2, 0.25) is 0 Å². The van der Waals surface area contributed by atoms with Crippen LogP contribution in [0.15, 0.2) is 0 Å². The smallest absolute Gasteiger partial charge is 0.109 e. The Balaban J connectivity index is 0.00000112. The maximum Gasteiger partial charge on any atom is 0.109 e. The summed E-state index contributed by atoms with van der Waals surface area (Å²) in [5.74, 6) is 0. The molecule has 0 bridgehead atoms. The molecule has 2 unspecified atom stereocenters. The third kappa shape index (κ3) is 3.59. The Labute approximate surface area is 99.0 Å². The summed E-state index contributed by atoms with van der Waals surface area (Å²) in [5.41, 5.74) is 0. The number of nitrogens with zero attached hydrogens (tertiary/aromatic N) is 1. The van der Waals surface area contributed by atoms with Gasteiger partial charge >= 0.3 is 0 Å². The second-order valence-corrected chi connectivity index (χ2v) is 4.33. The van der Waals surface area contributed by atoms with Crippen LogP contribution in [0.3, 0.4) is 0 Å². The van der Waals surface area contributed by atoms with Crippen LogP contribution >= 0.6 is 12.4 Å². The van der Waals surface area contributed by atoms with Crippen molar-refractivity contribution in [3.8, 4) is 0 Å². The second kappa shape index (κ2) is 6.69. The Morgan fingerprint density at radius 1 is 1.40 bits per heavy atom. The SMILES string of the molecule is CCN1CCCCC1CC1NCCO1.Cl. The van der Waals surface area contributed by atoms with Gasteiger partial charge in [0.2, 0.25) is 0 Å². The fourth-order valence-corrected chi connectivity index (χ4v) is 2.62. The first-order valence-corrected chi connectivity index (χ1v) is 5.99. The van der Waals surface area contributed by atoms with Gasteiger partial charge in [0.25, 0.3) is 0 Å². The zero-order valence-corrected chi connectivity index (χ0v) is 10.4. The molecular formula is C11H23ClN2O. The predicted octanol–water partition coefficient (Wildman–Crippen LogP) is 1.62. The lowest BCUT2D eigenvalue weighted by molar-refractivity contribution is 0.0490. The molecule has 0 amide bonds. The van der Waals surface area contributed by atoms with Gasteiger partial charge in [-0.15, -0.1) is 12.4 Å². The Hall–Kier alpha value is 0.170. The Kier molecular flexibility index (Phi) is 5.90. The van der Waals surface area contributed by atoms with E-state index in [1.54, 1.807) is 0 Å². The van der Waals surface area contributed by atoms with E-state index in [1.165, 1.54) is 38.8 Å². The van der Waals surface area contributed by atoms with Crippen molar-refractivity contribution in [2.24, 2.45) is 0 Å². The van der Waals surface area contributed by atoms with Gasteiger partial charge in [0.15, 0.2) is 0 Å². The highest BCUT2D eigenvalue weighted by Gasteiger charge is 2.25. The van der Waals surface area contributed by atoms with Gasteiger partial charge in [0, 0.05) is 19.0 Å². The summed E-state index contributed by atoms with van der Waals surface area (Å²) in [7, 11) is 0. The average molecular weight is 235 g/mol. The molecule has 0 saturated carbocycles. The molecule has 15 heavy (non-hydrogen) atoms. The number of hydrogen-bond acceptors (Lipinski definition) is 3. The van der Waals surface area contributed by atoms with Crippen LogP contribution in [0.1, 0.15) is 32.6 Å². The van der Waals surface area contributed by atoms with Crippen LogP contribution in [0.5, 0.6) is 0 Å². The highest BCUT2D eigenvalue weighted by Crippen LogP contribution is 2.21. The van der Waals surface area contributed by atoms with E-state index >= 15 is 0 Å². The van der Waals surface area contributed by atoms with Crippen LogP contribution < -0.4 is 5.32 Å². The van der Waals surface area contributed by atoms with Gasteiger partial charge in [-0.05, 0) is 25.9 Å². The van der Waals surface area contributed by atoms with Crippen molar-refractivity contribution in [3.63, 3.8) is 0 Å². The van der Waals surface area contributed by atoms with Gasteiger partial charge in [-0.25, -0.2) is 0 Å². The van der Waals surface area contributed by atoms with Crippen molar-refractivity contribution in [3.05, 3.63) is 0 Å². The number of ether oxygens (including phenoxy) is 1. The number of nitrogens with one attached hydrogen (secondary N) is 1. The van der Waals surface area contributed by atoms with E-state index in [0.717, 1.165) is 19.2 Å². The molecule has 2 atom stereocenters. The molecule has 2 saturated heterocycles. The second-order valence-electron chi connectivity index (χ2n) is 4.33. The normalized spacial score (nSPS) is 32.6. The summed E-state index contributed by atoms with van der Waals surface area (Å²) >= 11 is 0. The summed E-state index contributed by atoms with van der Waals surface area (Å²) < 4.78 is 5.61. The lowest BCUT2D eigenvalue weighted by Gasteiger charge is -2.36. The standard InChI is InChI=1S/C11H22N2O.ClH/c1-2-13-7-4-3-5-10(13)9-11-12-6-8-14-11;/h10-12H,2-9H2,1H3;1H. The molecular weight excluding hydrogens is 212 g/mol. The van der Waals surface area contributed by atoms with Crippen LogP contribution in [-0.4, -0.2) is 43.4 Å². The molecule has 0 aliphatic carbocycles. The van der Waals surface area contributed by atoms with Crippen molar-refractivity contribution < 1.29 is 4.74 Å². The maximum absolute atomic E-state index is 5.61. The number of piperidine rings is 1. The third-order valence-electron chi connectivity index (χ3n) is 3.43. The fraction of sp³-hybridized carbons (Fsp3) is 1.00. The molecule has 0 radical (unpaired) electrons. The molecule has 4 heteroatoms. The van der Waals surface area contributed by atoms with E-state index in [-0.39, 0.29) is 12.4 Å². The molecule has 0 aromatic rings. The van der Waals surface area contributed by atoms with Crippen molar-refractivity contribution in [1.82, 2.24) is 10.2 Å². The molecule has 0 spiro atoms. The Morgan fingerprint density at radius 3 is 2.93 bits per heavy atom. The van der Waals surface area contributed by atoms with Crippen LogP contribution in [0.4, 0.5) is 0 Å². The first-order chi connectivity index (χ1) is 6.90. The average Bonchev–Trinajstić information content (AvgIpc) is 2.71. The van der Waals surface area contributed by atoms with E-state index in [9.17, 15) is 0 Å². The molecule has 2 fully saturated rings. The Morgan fingerprint density at radius 2 is 2.27 bits per heavy atom. The first kappa shape index (κ1) is 13.2. The van der Waals surface area contributed by atoms with E-state index in [1.807, 2.05) is 0 Å². The van der Waals surface area contributed by atoms with E-state index < -0.39 is 0 Å². The molecule has 2 rings (SSSR count). The van der Waals surface area contributed by atoms with Gasteiger partial charge in [0.1, 0.15) is 6.23 Å². The van der Waals surface area contributed by atoms with Gasteiger partial charge in [0.05, 0.1) is 6.61 Å². The molecule has 2 aliphatic rings. The van der Waals surface area contributed by atoms with Crippen molar-refractivity contribution in [2.45, 2.75) is 44.9 Å². The summed E-state index contributed by atoms with van der Waals surface area (Å²) in [6.45, 7) is 6.67. The minimum atomic E-state index is 0. The third-order valence-corrected chi connectivity index (χ3v) is 3.43. The monoisotopic (exact) mass is 234 g/mol. The zero-order chi connectivity index (χ0) is 9.80. The van der Waals surface area contributed by atoms with E-state index in [0.29, 0.717) is 6.23 Å². The van der Waals surface area contributed by atoms with E-state index in [4.69, 9.17) is 4.74 Å². The van der Waals surface area contributed by atoms with Crippen LogP contribution in [0, 0.1) is 0 Å². The summed E-state index contributed by atoms with van der Waals surface area (Å²) in [6.07, 6.45) is 5.63. The molecule has 3 nitrogen and oxygen atoms in total. The Bertz CT molecular complexity index is 174. The number of halogens is 1. The molecule has 1 N–H and O–H groups in total. The molecule has 0 aromatic carbocycles. The van der Waals surface area contributed by atoms with Crippen LogP contribution in [-0.2, 0) is 4.74 Å². The quantitative estimate of drug-likeness (QED) is 0.803. The predicted molar refractivity (Wildman–Crippen MR) is 64.5 cm³/mol. The topological polar surface area (TPSA) is 24.5 Å². The molecule has 2 heterocycles. The first-order valence-electron chi connectivity index (χ1n) is 5.99. The van der Waals surface area contributed by atoms with Crippen molar-refractivity contribution >= 4 is 12.4 Å². The lowest BCUT2D eigenvalue weighted by Crippen LogP contribution is -2.43. The van der Waals surface area contributed by atoms with Crippen LogP contribution in [0.25, 0.3) is 0 Å². The van der Waals surface area contributed by atoms with Gasteiger partial charge in [-0.3, -0.25) is 5.32 Å². The number of rotatable bonds is 3. The van der Waals surface area contributed by atoms with Gasteiger partial charge in [-0.2, -0.15) is 0 Å². The fourth-order valence-electron chi connectivity index (χ4n) is 2.62. The minimum absolute atomic E-state index is 0. The number of hydrogen-bond donors (Lipinski definition) is 1. The zero-order valence-electron chi connectivity index (χ0n) is 9.58.